The number of hydrogen-bond donors (Lipinski definition) is 1. The van der Waals surface area contributed by atoms with Crippen LogP contribution in [0.3, 0.4) is 0 Å². The van der Waals surface area contributed by atoms with Crippen LogP contribution in [-0.2, 0) is 0 Å². The van der Waals surface area contributed by atoms with Crippen molar-refractivity contribution in [1.29, 1.82) is 0 Å². The van der Waals surface area contributed by atoms with E-state index in [-0.39, 0.29) is 5.69 Å². The third kappa shape index (κ3) is 4.01. The Hall–Kier alpha value is -1.59. The van der Waals surface area contributed by atoms with E-state index in [9.17, 15) is 10.1 Å². The van der Waals surface area contributed by atoms with Crippen molar-refractivity contribution in [3.63, 3.8) is 0 Å². The quantitative estimate of drug-likeness (QED) is 0.504. The van der Waals surface area contributed by atoms with E-state index in [2.05, 4.69) is 10.5 Å². The number of benzene rings is 1. The molecule has 0 aliphatic rings. The highest BCUT2D eigenvalue weighted by Crippen LogP contribution is 2.16. The highest BCUT2D eigenvalue weighted by Gasteiger charge is 2.04. The van der Waals surface area contributed by atoms with Crippen molar-refractivity contribution < 1.29 is 4.92 Å². The van der Waals surface area contributed by atoms with Crippen LogP contribution in [0.25, 0.3) is 0 Å². The molecule has 0 saturated carbocycles. The number of nitrogens with one attached hydrogen (secondary N) is 1. The molecule has 0 saturated heterocycles. The smallest absolute Gasteiger partial charge is 0.269 e. The van der Waals surface area contributed by atoms with Crippen LogP contribution in [0.2, 0.25) is 0 Å². The van der Waals surface area contributed by atoms with Crippen molar-refractivity contribution >= 4 is 40.3 Å². The fraction of sp³-hybridized carbons (Fsp3) is 0.182. The van der Waals surface area contributed by atoms with Crippen LogP contribution in [-0.4, -0.2) is 10.6 Å². The van der Waals surface area contributed by atoms with E-state index in [1.165, 1.54) is 17.7 Å². The number of nitrogens with zero attached hydrogens (tertiary/aromatic N) is 2. The molecule has 1 rings (SSSR count). The lowest BCUT2D eigenvalue weighted by Crippen LogP contribution is -2.01. The van der Waals surface area contributed by atoms with Gasteiger partial charge in [-0.15, -0.1) is 0 Å². The first kappa shape index (κ1) is 14.5. The van der Waals surface area contributed by atoms with Crippen LogP contribution in [0.4, 0.5) is 11.4 Å². The number of halogens is 2. The molecule has 7 heteroatoms. The molecule has 0 atom stereocenters. The van der Waals surface area contributed by atoms with E-state index in [0.29, 0.717) is 22.9 Å². The Morgan fingerprint density at radius 2 is 2.11 bits per heavy atom. The summed E-state index contributed by atoms with van der Waals surface area (Å²) < 4.78 is 0. The van der Waals surface area contributed by atoms with Gasteiger partial charge in [-0.3, -0.25) is 15.5 Å². The molecule has 1 N–H and O–H groups in total. The van der Waals surface area contributed by atoms with Crippen molar-refractivity contribution in [2.75, 3.05) is 5.43 Å². The number of nitro benzene ring substituents is 1. The molecule has 18 heavy (non-hydrogen) atoms. The molecule has 0 spiro atoms. The zero-order valence-corrected chi connectivity index (χ0v) is 11.1. The van der Waals surface area contributed by atoms with Crippen molar-refractivity contribution in [1.82, 2.24) is 0 Å². The molecule has 0 fully saturated rings. The van der Waals surface area contributed by atoms with Crippen LogP contribution in [0.1, 0.15) is 13.3 Å². The number of rotatable bonds is 5. The first-order chi connectivity index (χ1) is 8.58. The second-order valence-electron chi connectivity index (χ2n) is 3.28. The van der Waals surface area contributed by atoms with Crippen LogP contribution in [0, 0.1) is 10.1 Å². The topological polar surface area (TPSA) is 67.5 Å². The number of non-ortho nitro benzene ring substituents is 1. The van der Waals surface area contributed by atoms with Gasteiger partial charge in [-0.1, -0.05) is 30.1 Å². The summed E-state index contributed by atoms with van der Waals surface area (Å²) in [5, 5.41) is 14.9. The summed E-state index contributed by atoms with van der Waals surface area (Å²) >= 11 is 11.3. The average molecular weight is 288 g/mol. The maximum Gasteiger partial charge on any atom is 0.269 e. The lowest BCUT2D eigenvalue weighted by molar-refractivity contribution is -0.384. The predicted octanol–water partition coefficient (Wildman–Crippen LogP) is 4.09. The third-order valence-electron chi connectivity index (χ3n) is 2.10. The molecule has 0 aliphatic heterocycles. The lowest BCUT2D eigenvalue weighted by atomic mass is 10.3. The summed E-state index contributed by atoms with van der Waals surface area (Å²) in [6.45, 7) is 1.89. The van der Waals surface area contributed by atoms with E-state index < -0.39 is 4.92 Å². The van der Waals surface area contributed by atoms with Gasteiger partial charge in [0.15, 0.2) is 0 Å². The molecule has 0 aromatic heterocycles. The molecule has 0 bridgehead atoms. The minimum atomic E-state index is -0.461. The van der Waals surface area contributed by atoms with Gasteiger partial charge in [0.1, 0.15) is 0 Å². The fourth-order valence-corrected chi connectivity index (χ4v) is 1.46. The van der Waals surface area contributed by atoms with Crippen LogP contribution >= 0.6 is 23.2 Å². The zero-order chi connectivity index (χ0) is 13.5. The van der Waals surface area contributed by atoms with Gasteiger partial charge in [-0.25, -0.2) is 0 Å². The van der Waals surface area contributed by atoms with Gasteiger partial charge in [0.2, 0.25) is 0 Å². The summed E-state index contributed by atoms with van der Waals surface area (Å²) in [5.74, 6) is 0. The Balaban J connectivity index is 2.79. The minimum absolute atomic E-state index is 0.0268. The molecule has 5 nitrogen and oxygen atoms in total. The Bertz CT molecular complexity index is 484. The molecule has 1 aromatic carbocycles. The third-order valence-corrected chi connectivity index (χ3v) is 2.76. The summed E-state index contributed by atoms with van der Waals surface area (Å²) in [5.41, 5.74) is 5.25. The van der Waals surface area contributed by atoms with E-state index in [4.69, 9.17) is 23.2 Å². The molecular weight excluding hydrogens is 277 g/mol. The second kappa shape index (κ2) is 6.98. The van der Waals surface area contributed by atoms with Crippen LogP contribution < -0.4 is 5.43 Å². The molecular formula is C11H11Cl2N3O2. The van der Waals surface area contributed by atoms with Gasteiger partial charge in [0, 0.05) is 17.7 Å². The monoisotopic (exact) mass is 287 g/mol. The molecule has 0 radical (unpaired) electrons. The summed E-state index contributed by atoms with van der Waals surface area (Å²) in [6, 6.07) is 5.91. The van der Waals surface area contributed by atoms with Gasteiger partial charge >= 0.3 is 0 Å². The Morgan fingerprint density at radius 3 is 2.56 bits per heavy atom. The minimum Gasteiger partial charge on any atom is -0.278 e. The van der Waals surface area contributed by atoms with Crippen molar-refractivity contribution in [2.24, 2.45) is 5.10 Å². The first-order valence-corrected chi connectivity index (χ1v) is 5.93. The molecule has 0 amide bonds. The Morgan fingerprint density at radius 1 is 1.50 bits per heavy atom. The van der Waals surface area contributed by atoms with Gasteiger partial charge in [0.05, 0.1) is 21.4 Å². The lowest BCUT2D eigenvalue weighted by Gasteiger charge is -2.03. The van der Waals surface area contributed by atoms with Crippen molar-refractivity contribution in [2.45, 2.75) is 13.3 Å². The highest BCUT2D eigenvalue weighted by molar-refractivity contribution is 6.47. The number of allylic oxidation sites excluding steroid dienone is 1. The Kier molecular flexibility index (Phi) is 5.61. The Labute approximate surface area is 114 Å². The largest absolute Gasteiger partial charge is 0.278 e. The number of nitro groups is 1. The fourth-order valence-electron chi connectivity index (χ4n) is 1.15. The summed E-state index contributed by atoms with van der Waals surface area (Å²) in [7, 11) is 0. The van der Waals surface area contributed by atoms with Crippen molar-refractivity contribution in [3.05, 3.63) is 44.9 Å². The van der Waals surface area contributed by atoms with Gasteiger partial charge in [-0.2, -0.15) is 5.10 Å². The highest BCUT2D eigenvalue weighted by atomic mass is 35.5. The van der Waals surface area contributed by atoms with Gasteiger partial charge in [-0.05, 0) is 18.6 Å². The maximum absolute atomic E-state index is 10.5. The molecule has 1 aromatic rings. The number of hydrazone groups is 1. The SMILES string of the molecule is CCC(=NNc1ccc([N+](=O)[O-])cc1)C(Cl)=CCl. The second-order valence-corrected chi connectivity index (χ2v) is 3.91. The van der Waals surface area contributed by atoms with E-state index >= 15 is 0 Å². The predicted molar refractivity (Wildman–Crippen MR) is 74.2 cm³/mol. The molecule has 0 heterocycles. The van der Waals surface area contributed by atoms with E-state index in [1.54, 1.807) is 12.1 Å². The first-order valence-electron chi connectivity index (χ1n) is 5.11. The van der Waals surface area contributed by atoms with E-state index in [1.807, 2.05) is 6.92 Å². The average Bonchev–Trinajstić information content (AvgIpc) is 2.39. The summed E-state index contributed by atoms with van der Waals surface area (Å²) in [6.07, 6.45) is 0.613. The molecule has 96 valence electrons. The van der Waals surface area contributed by atoms with E-state index in [0.717, 1.165) is 0 Å². The van der Waals surface area contributed by atoms with Crippen molar-refractivity contribution in [3.8, 4) is 0 Å². The maximum atomic E-state index is 10.5. The normalized spacial score (nSPS) is 12.4. The standard InChI is InChI=1S/C11H11Cl2N3O2/c1-2-11(10(13)7-12)15-14-8-3-5-9(6-4-8)16(17)18/h3-7,14H,2H2,1H3. The number of hydrogen-bond acceptors (Lipinski definition) is 4. The molecule has 0 unspecified atom stereocenters. The molecule has 0 aliphatic carbocycles. The number of anilines is 1. The van der Waals surface area contributed by atoms with Gasteiger partial charge < -0.3 is 0 Å². The van der Waals surface area contributed by atoms with Gasteiger partial charge in [0.25, 0.3) is 5.69 Å². The van der Waals surface area contributed by atoms with Crippen LogP contribution in [0.5, 0.6) is 0 Å². The zero-order valence-electron chi connectivity index (χ0n) is 9.56. The summed E-state index contributed by atoms with van der Waals surface area (Å²) in [4.78, 5) is 10.0. The van der Waals surface area contributed by atoms with Crippen LogP contribution in [0.15, 0.2) is 39.9 Å².